The molecule has 1 aliphatic heterocycles. The monoisotopic (exact) mass is 394 g/mol. The molecule has 1 aliphatic rings. The minimum absolute atomic E-state index is 0.109. The van der Waals surface area contributed by atoms with Crippen molar-refractivity contribution in [2.24, 2.45) is 0 Å². The molecule has 1 amide bonds. The SMILES string of the molecule is Cc1noc(-c2cccnc2NCCC(=O)N2CCN(c3ncccn3)CC2)n1. The zero-order chi connectivity index (χ0) is 20.1. The van der Waals surface area contributed by atoms with Gasteiger partial charge in [-0.15, -0.1) is 0 Å². The van der Waals surface area contributed by atoms with Crippen molar-refractivity contribution in [3.8, 4) is 11.5 Å². The van der Waals surface area contributed by atoms with E-state index in [2.05, 4.69) is 35.3 Å². The van der Waals surface area contributed by atoms with Gasteiger partial charge in [-0.05, 0) is 25.1 Å². The van der Waals surface area contributed by atoms with Crippen LogP contribution in [0.1, 0.15) is 12.2 Å². The maximum absolute atomic E-state index is 12.6. The quantitative estimate of drug-likeness (QED) is 0.662. The predicted molar refractivity (Wildman–Crippen MR) is 106 cm³/mol. The Bertz CT molecular complexity index is 954. The number of piperazine rings is 1. The number of anilines is 2. The van der Waals surface area contributed by atoms with E-state index in [1.807, 2.05) is 11.0 Å². The molecule has 0 spiro atoms. The molecule has 0 bridgehead atoms. The molecule has 3 aromatic rings. The number of aromatic nitrogens is 5. The predicted octanol–water partition coefficient (Wildman–Crippen LogP) is 1.38. The van der Waals surface area contributed by atoms with E-state index in [0.717, 1.165) is 18.7 Å². The van der Waals surface area contributed by atoms with Gasteiger partial charge in [0.1, 0.15) is 5.82 Å². The highest BCUT2D eigenvalue weighted by molar-refractivity contribution is 5.77. The molecule has 4 rings (SSSR count). The summed E-state index contributed by atoms with van der Waals surface area (Å²) >= 11 is 0. The van der Waals surface area contributed by atoms with Gasteiger partial charge in [-0.2, -0.15) is 4.98 Å². The van der Waals surface area contributed by atoms with Crippen molar-refractivity contribution in [2.75, 3.05) is 42.9 Å². The van der Waals surface area contributed by atoms with Crippen molar-refractivity contribution in [1.29, 1.82) is 0 Å². The lowest BCUT2D eigenvalue weighted by molar-refractivity contribution is -0.131. The third kappa shape index (κ3) is 4.48. The highest BCUT2D eigenvalue weighted by Crippen LogP contribution is 2.24. The minimum Gasteiger partial charge on any atom is -0.369 e. The second kappa shape index (κ2) is 8.63. The summed E-state index contributed by atoms with van der Waals surface area (Å²) in [6.45, 7) is 5.01. The number of rotatable bonds is 6. The Morgan fingerprint density at radius 2 is 1.86 bits per heavy atom. The summed E-state index contributed by atoms with van der Waals surface area (Å²) in [6.07, 6.45) is 5.52. The third-order valence-corrected chi connectivity index (χ3v) is 4.66. The lowest BCUT2D eigenvalue weighted by atomic mass is 10.2. The molecule has 3 aromatic heterocycles. The fourth-order valence-corrected chi connectivity index (χ4v) is 3.18. The van der Waals surface area contributed by atoms with Crippen molar-refractivity contribution in [3.63, 3.8) is 0 Å². The van der Waals surface area contributed by atoms with Crippen LogP contribution in [0.2, 0.25) is 0 Å². The average Bonchev–Trinajstić information content (AvgIpc) is 3.21. The number of aryl methyl sites for hydroxylation is 1. The zero-order valence-electron chi connectivity index (χ0n) is 16.2. The first-order valence-electron chi connectivity index (χ1n) is 9.50. The number of nitrogens with one attached hydrogen (secondary N) is 1. The average molecular weight is 394 g/mol. The van der Waals surface area contributed by atoms with E-state index in [-0.39, 0.29) is 5.91 Å². The smallest absolute Gasteiger partial charge is 0.261 e. The van der Waals surface area contributed by atoms with Gasteiger partial charge in [0.15, 0.2) is 5.82 Å². The molecule has 10 heteroatoms. The molecule has 150 valence electrons. The first-order valence-corrected chi connectivity index (χ1v) is 9.50. The highest BCUT2D eigenvalue weighted by Gasteiger charge is 2.22. The molecule has 0 atom stereocenters. The van der Waals surface area contributed by atoms with Gasteiger partial charge >= 0.3 is 0 Å². The van der Waals surface area contributed by atoms with Gasteiger partial charge in [0.05, 0.1) is 5.56 Å². The Morgan fingerprint density at radius 1 is 1.10 bits per heavy atom. The number of carbonyl (C=O) groups excluding carboxylic acids is 1. The Labute approximate surface area is 168 Å². The van der Waals surface area contributed by atoms with Crippen LogP contribution in [0.25, 0.3) is 11.5 Å². The van der Waals surface area contributed by atoms with Gasteiger partial charge in [-0.25, -0.2) is 15.0 Å². The summed E-state index contributed by atoms with van der Waals surface area (Å²) in [5.74, 6) is 2.40. The molecule has 1 N–H and O–H groups in total. The molecule has 29 heavy (non-hydrogen) atoms. The topological polar surface area (TPSA) is 113 Å². The normalized spacial score (nSPS) is 14.1. The van der Waals surface area contributed by atoms with E-state index >= 15 is 0 Å². The van der Waals surface area contributed by atoms with Crippen LogP contribution in [0.5, 0.6) is 0 Å². The van der Waals surface area contributed by atoms with Crippen LogP contribution in [0, 0.1) is 6.92 Å². The van der Waals surface area contributed by atoms with Crippen LogP contribution in [-0.2, 0) is 4.79 Å². The first kappa shape index (κ1) is 18.8. The lowest BCUT2D eigenvalue weighted by Gasteiger charge is -2.34. The van der Waals surface area contributed by atoms with Gasteiger partial charge in [-0.3, -0.25) is 4.79 Å². The Hall–Kier alpha value is -3.56. The number of nitrogens with zero attached hydrogens (tertiary/aromatic N) is 7. The number of pyridine rings is 1. The fourth-order valence-electron chi connectivity index (χ4n) is 3.18. The van der Waals surface area contributed by atoms with Gasteiger partial charge in [0.25, 0.3) is 5.89 Å². The largest absolute Gasteiger partial charge is 0.369 e. The first-order chi connectivity index (χ1) is 14.2. The molecular weight excluding hydrogens is 372 g/mol. The van der Waals surface area contributed by atoms with Crippen molar-refractivity contribution in [1.82, 2.24) is 30.0 Å². The molecule has 0 radical (unpaired) electrons. The number of carbonyl (C=O) groups is 1. The van der Waals surface area contributed by atoms with Gasteiger partial charge in [0.2, 0.25) is 11.9 Å². The summed E-state index contributed by atoms with van der Waals surface area (Å²) < 4.78 is 5.23. The van der Waals surface area contributed by atoms with Crippen LogP contribution in [0.15, 0.2) is 41.3 Å². The lowest BCUT2D eigenvalue weighted by Crippen LogP contribution is -2.49. The molecule has 10 nitrogen and oxygen atoms in total. The Balaban J connectivity index is 1.28. The van der Waals surface area contributed by atoms with Crippen molar-refractivity contribution < 1.29 is 9.32 Å². The van der Waals surface area contributed by atoms with Crippen molar-refractivity contribution in [3.05, 3.63) is 42.6 Å². The van der Waals surface area contributed by atoms with Crippen molar-refractivity contribution in [2.45, 2.75) is 13.3 Å². The van der Waals surface area contributed by atoms with Crippen LogP contribution in [0.3, 0.4) is 0 Å². The summed E-state index contributed by atoms with van der Waals surface area (Å²) in [5, 5.41) is 7.03. The van der Waals surface area contributed by atoms with Crippen LogP contribution in [-0.4, -0.2) is 68.6 Å². The van der Waals surface area contributed by atoms with E-state index < -0.39 is 0 Å². The van der Waals surface area contributed by atoms with E-state index in [1.54, 1.807) is 37.6 Å². The van der Waals surface area contributed by atoms with Gasteiger partial charge in [0, 0.05) is 57.7 Å². The number of amides is 1. The molecule has 0 unspecified atom stereocenters. The summed E-state index contributed by atoms with van der Waals surface area (Å²) in [4.78, 5) is 33.6. The highest BCUT2D eigenvalue weighted by atomic mass is 16.5. The molecule has 0 saturated carbocycles. The molecule has 4 heterocycles. The van der Waals surface area contributed by atoms with Gasteiger partial charge < -0.3 is 19.6 Å². The second-order valence-electron chi connectivity index (χ2n) is 6.64. The zero-order valence-corrected chi connectivity index (χ0v) is 16.2. The van der Waals surface area contributed by atoms with Crippen molar-refractivity contribution >= 4 is 17.7 Å². The molecular formula is C19H22N8O2. The van der Waals surface area contributed by atoms with E-state index in [0.29, 0.717) is 49.5 Å². The fraction of sp³-hybridized carbons (Fsp3) is 0.368. The summed E-state index contributed by atoms with van der Waals surface area (Å²) in [6, 6.07) is 5.46. The summed E-state index contributed by atoms with van der Waals surface area (Å²) in [7, 11) is 0. The minimum atomic E-state index is 0.109. The van der Waals surface area contributed by atoms with E-state index in [9.17, 15) is 4.79 Å². The molecule has 1 fully saturated rings. The second-order valence-corrected chi connectivity index (χ2v) is 6.64. The summed E-state index contributed by atoms with van der Waals surface area (Å²) in [5.41, 5.74) is 0.719. The van der Waals surface area contributed by atoms with Gasteiger partial charge in [-0.1, -0.05) is 5.16 Å². The molecule has 0 aromatic carbocycles. The van der Waals surface area contributed by atoms with Crippen LogP contribution in [0.4, 0.5) is 11.8 Å². The molecule has 0 aliphatic carbocycles. The standard InChI is InChI=1S/C19H22N8O2/c1-14-24-18(29-25-14)15-4-2-6-20-17(15)21-9-5-16(28)26-10-12-27(13-11-26)19-22-7-3-8-23-19/h2-4,6-8H,5,9-13H2,1H3,(H,20,21). The van der Waals surface area contributed by atoms with Crippen LogP contribution >= 0.6 is 0 Å². The third-order valence-electron chi connectivity index (χ3n) is 4.66. The maximum atomic E-state index is 12.6. The Kier molecular flexibility index (Phi) is 5.59. The maximum Gasteiger partial charge on any atom is 0.261 e. The van der Waals surface area contributed by atoms with Crippen LogP contribution < -0.4 is 10.2 Å². The number of hydrogen-bond acceptors (Lipinski definition) is 9. The molecule has 1 saturated heterocycles. The Morgan fingerprint density at radius 3 is 2.59 bits per heavy atom. The van der Waals surface area contributed by atoms with E-state index in [4.69, 9.17) is 4.52 Å². The number of hydrogen-bond donors (Lipinski definition) is 1. The van der Waals surface area contributed by atoms with E-state index in [1.165, 1.54) is 0 Å².